The van der Waals surface area contributed by atoms with E-state index in [1.165, 1.54) is 186 Å². The van der Waals surface area contributed by atoms with Crippen molar-refractivity contribution < 1.29 is 28.6 Å². The summed E-state index contributed by atoms with van der Waals surface area (Å²) >= 11 is 0. The maximum atomic E-state index is 12.8. The fourth-order valence-electron chi connectivity index (χ4n) is 8.81. The van der Waals surface area contributed by atoms with Crippen LogP contribution in [0.2, 0.25) is 0 Å². The number of hydrogen-bond donors (Lipinski definition) is 0. The van der Waals surface area contributed by atoms with Crippen molar-refractivity contribution in [1.82, 2.24) is 0 Å². The molecule has 0 saturated carbocycles. The first kappa shape index (κ1) is 66.4. The lowest BCUT2D eigenvalue weighted by Crippen LogP contribution is -2.30. The molecular weight excluding hydrogens is 853 g/mol. The lowest BCUT2D eigenvalue weighted by molar-refractivity contribution is -0.167. The molecule has 69 heavy (non-hydrogen) atoms. The predicted octanol–water partition coefficient (Wildman–Crippen LogP) is 20.2. The molecule has 0 aliphatic rings. The van der Waals surface area contributed by atoms with Gasteiger partial charge >= 0.3 is 17.9 Å². The number of rotatable bonds is 55. The number of carbonyl (C=O) groups is 3. The van der Waals surface area contributed by atoms with E-state index in [4.69, 9.17) is 14.2 Å². The van der Waals surface area contributed by atoms with Crippen LogP contribution in [-0.4, -0.2) is 37.2 Å². The van der Waals surface area contributed by atoms with Crippen molar-refractivity contribution in [3.05, 3.63) is 48.6 Å². The zero-order chi connectivity index (χ0) is 50.0. The van der Waals surface area contributed by atoms with E-state index in [0.29, 0.717) is 19.3 Å². The van der Waals surface area contributed by atoms with E-state index >= 15 is 0 Å². The van der Waals surface area contributed by atoms with Gasteiger partial charge in [-0.3, -0.25) is 14.4 Å². The third-order valence-electron chi connectivity index (χ3n) is 13.3. The fraction of sp³-hybridized carbons (Fsp3) is 0.825. The molecule has 0 spiro atoms. The molecule has 0 aromatic rings. The van der Waals surface area contributed by atoms with E-state index in [1.54, 1.807) is 0 Å². The molecule has 6 heteroatoms. The second-order valence-electron chi connectivity index (χ2n) is 20.2. The van der Waals surface area contributed by atoms with Gasteiger partial charge in [-0.1, -0.05) is 268 Å². The SMILES string of the molecule is CC/C=C\C/C=C\C/C=C\CCCCCC(=O)OC(COC(=O)CCCCCCC/C=C\CCCCC)COC(=O)CCCCCCCCCCCCCCCCCCCCCCCCCCCC. The third-order valence-corrected chi connectivity index (χ3v) is 13.3. The van der Waals surface area contributed by atoms with E-state index in [9.17, 15) is 14.4 Å². The van der Waals surface area contributed by atoms with Crippen molar-refractivity contribution in [3.8, 4) is 0 Å². The highest BCUT2D eigenvalue weighted by Crippen LogP contribution is 2.17. The van der Waals surface area contributed by atoms with Crippen LogP contribution in [0.4, 0.5) is 0 Å². The summed E-state index contributed by atoms with van der Waals surface area (Å²) in [4.78, 5) is 38.1. The summed E-state index contributed by atoms with van der Waals surface area (Å²) in [6.45, 7) is 6.51. The van der Waals surface area contributed by atoms with Crippen molar-refractivity contribution in [2.24, 2.45) is 0 Å². The molecule has 0 fully saturated rings. The van der Waals surface area contributed by atoms with Gasteiger partial charge in [0.1, 0.15) is 13.2 Å². The minimum Gasteiger partial charge on any atom is -0.462 e. The van der Waals surface area contributed by atoms with Crippen LogP contribution in [0.1, 0.15) is 316 Å². The summed E-state index contributed by atoms with van der Waals surface area (Å²) in [5.41, 5.74) is 0. The van der Waals surface area contributed by atoms with Gasteiger partial charge in [0.15, 0.2) is 6.10 Å². The van der Waals surface area contributed by atoms with Gasteiger partial charge in [-0.25, -0.2) is 0 Å². The first-order valence-corrected chi connectivity index (χ1v) is 30.1. The molecule has 0 heterocycles. The van der Waals surface area contributed by atoms with E-state index in [2.05, 4.69) is 69.4 Å². The van der Waals surface area contributed by atoms with E-state index in [1.807, 2.05) is 0 Å². The first-order chi connectivity index (χ1) is 34.0. The average Bonchev–Trinajstić information content (AvgIpc) is 3.35. The minimum absolute atomic E-state index is 0.0848. The molecule has 0 aromatic heterocycles. The summed E-state index contributed by atoms with van der Waals surface area (Å²) < 4.78 is 16.8. The predicted molar refractivity (Wildman–Crippen MR) is 298 cm³/mol. The molecule has 0 aromatic carbocycles. The number of carbonyl (C=O) groups excluding carboxylic acids is 3. The van der Waals surface area contributed by atoms with Crippen molar-refractivity contribution >= 4 is 17.9 Å². The van der Waals surface area contributed by atoms with Crippen LogP contribution in [0, 0.1) is 0 Å². The van der Waals surface area contributed by atoms with Gasteiger partial charge < -0.3 is 14.2 Å². The maximum Gasteiger partial charge on any atom is 0.306 e. The quantitative estimate of drug-likeness (QED) is 0.0262. The van der Waals surface area contributed by atoms with E-state index < -0.39 is 6.10 Å². The van der Waals surface area contributed by atoms with Gasteiger partial charge in [0.2, 0.25) is 0 Å². The maximum absolute atomic E-state index is 12.8. The zero-order valence-corrected chi connectivity index (χ0v) is 46.1. The van der Waals surface area contributed by atoms with Crippen molar-refractivity contribution in [2.45, 2.75) is 322 Å². The first-order valence-electron chi connectivity index (χ1n) is 30.1. The summed E-state index contributed by atoms with van der Waals surface area (Å²) in [6.07, 6.45) is 71.3. The second-order valence-corrected chi connectivity index (χ2v) is 20.2. The van der Waals surface area contributed by atoms with Crippen LogP contribution < -0.4 is 0 Å². The molecule has 402 valence electrons. The molecule has 0 bridgehead atoms. The molecule has 0 radical (unpaired) electrons. The van der Waals surface area contributed by atoms with Crippen LogP contribution >= 0.6 is 0 Å². The van der Waals surface area contributed by atoms with E-state index in [-0.39, 0.29) is 31.1 Å². The number of ether oxygens (including phenoxy) is 3. The molecule has 0 amide bonds. The highest BCUT2D eigenvalue weighted by molar-refractivity contribution is 5.71. The monoisotopic (exact) mass is 967 g/mol. The number of allylic oxidation sites excluding steroid dienone is 8. The Labute approximate surface area is 428 Å². The smallest absolute Gasteiger partial charge is 0.306 e. The van der Waals surface area contributed by atoms with E-state index in [0.717, 1.165) is 89.9 Å². The van der Waals surface area contributed by atoms with Gasteiger partial charge in [-0.05, 0) is 77.0 Å². The Balaban J connectivity index is 4.18. The molecular formula is C63H114O6. The Morgan fingerprint density at radius 3 is 0.942 bits per heavy atom. The van der Waals surface area contributed by atoms with Crippen LogP contribution in [-0.2, 0) is 28.6 Å². The Hall–Kier alpha value is -2.63. The van der Waals surface area contributed by atoms with Gasteiger partial charge in [0.05, 0.1) is 0 Å². The highest BCUT2D eigenvalue weighted by atomic mass is 16.6. The fourth-order valence-corrected chi connectivity index (χ4v) is 8.81. The lowest BCUT2D eigenvalue weighted by atomic mass is 10.0. The van der Waals surface area contributed by atoms with Gasteiger partial charge in [-0.15, -0.1) is 0 Å². The zero-order valence-electron chi connectivity index (χ0n) is 46.1. The Morgan fingerprint density at radius 2 is 0.565 bits per heavy atom. The van der Waals surface area contributed by atoms with Gasteiger partial charge in [0.25, 0.3) is 0 Å². The number of hydrogen-bond acceptors (Lipinski definition) is 6. The largest absolute Gasteiger partial charge is 0.462 e. The standard InChI is InChI=1S/C63H114O6/c1-4-7-10-13-16-19-22-25-26-27-28-29-30-31-32-33-34-35-36-37-39-41-44-47-50-53-56-62(65)68-59-60(58-67-61(64)55-52-49-46-43-40-24-21-18-15-12-9-6-3)69-63(66)57-54-51-48-45-42-38-23-20-17-14-11-8-5-2/h8,11,17-18,20-21,38,42,60H,4-7,9-10,12-16,19,22-37,39-41,43-59H2,1-3H3/b11-8-,20-17-,21-18-,42-38-. The molecule has 0 saturated heterocycles. The molecule has 1 unspecified atom stereocenters. The molecule has 6 nitrogen and oxygen atoms in total. The Bertz CT molecular complexity index is 1200. The Morgan fingerprint density at radius 1 is 0.304 bits per heavy atom. The van der Waals surface area contributed by atoms with Crippen molar-refractivity contribution in [1.29, 1.82) is 0 Å². The number of unbranched alkanes of at least 4 members (excludes halogenated alkanes) is 36. The number of esters is 3. The van der Waals surface area contributed by atoms with Crippen LogP contribution in [0.25, 0.3) is 0 Å². The average molecular weight is 968 g/mol. The third kappa shape index (κ3) is 56.2. The van der Waals surface area contributed by atoms with Crippen LogP contribution in [0.3, 0.4) is 0 Å². The summed E-state index contributed by atoms with van der Waals surface area (Å²) in [7, 11) is 0. The molecule has 0 aliphatic heterocycles. The summed E-state index contributed by atoms with van der Waals surface area (Å²) in [5, 5.41) is 0. The summed E-state index contributed by atoms with van der Waals surface area (Å²) in [5.74, 6) is -0.911. The minimum atomic E-state index is -0.789. The second kappa shape index (κ2) is 57.9. The van der Waals surface area contributed by atoms with Crippen molar-refractivity contribution in [3.63, 3.8) is 0 Å². The lowest BCUT2D eigenvalue weighted by Gasteiger charge is -2.18. The molecule has 0 N–H and O–H groups in total. The van der Waals surface area contributed by atoms with Crippen LogP contribution in [0.5, 0.6) is 0 Å². The molecule has 1 atom stereocenters. The molecule has 0 rings (SSSR count). The molecule has 0 aliphatic carbocycles. The Kier molecular flexibility index (Phi) is 55.7. The van der Waals surface area contributed by atoms with Gasteiger partial charge in [0, 0.05) is 19.3 Å². The van der Waals surface area contributed by atoms with Crippen molar-refractivity contribution in [2.75, 3.05) is 13.2 Å². The highest BCUT2D eigenvalue weighted by Gasteiger charge is 2.19. The van der Waals surface area contributed by atoms with Crippen LogP contribution in [0.15, 0.2) is 48.6 Å². The summed E-state index contributed by atoms with van der Waals surface area (Å²) in [6, 6.07) is 0. The normalized spacial score (nSPS) is 12.3. The topological polar surface area (TPSA) is 78.9 Å². The van der Waals surface area contributed by atoms with Gasteiger partial charge in [-0.2, -0.15) is 0 Å².